The van der Waals surface area contributed by atoms with Crippen LogP contribution in [-0.4, -0.2) is 27.8 Å². The number of hydrogen-bond donors (Lipinski definition) is 1. The minimum absolute atomic E-state index is 0.777. The van der Waals surface area contributed by atoms with Crippen LogP contribution in [0, 0.1) is 0 Å². The Labute approximate surface area is 146 Å². The topological polar surface area (TPSA) is 30.5 Å². The van der Waals surface area contributed by atoms with E-state index < -0.39 is 0 Å². The molecule has 130 valence electrons. The molecular formula is C21H29NO2. The van der Waals surface area contributed by atoms with Gasteiger partial charge in [-0.05, 0) is 68.1 Å². The molecule has 0 aliphatic rings. The van der Waals surface area contributed by atoms with Crippen LogP contribution >= 0.6 is 0 Å². The molecule has 24 heavy (non-hydrogen) atoms. The summed E-state index contributed by atoms with van der Waals surface area (Å²) >= 11 is 0. The third kappa shape index (κ3) is 5.27. The normalized spacial score (nSPS) is 10.6. The van der Waals surface area contributed by atoms with Gasteiger partial charge in [-0.3, -0.25) is 0 Å². The number of hydrogen-bond acceptors (Lipinski definition) is 3. The van der Waals surface area contributed by atoms with Gasteiger partial charge in [0.2, 0.25) is 0 Å². The molecule has 0 atom stereocenters. The van der Waals surface area contributed by atoms with E-state index in [1.807, 2.05) is 13.1 Å². The van der Waals surface area contributed by atoms with E-state index in [2.05, 4.69) is 41.7 Å². The zero-order valence-electron chi connectivity index (χ0n) is 15.1. The number of benzene rings is 2. The fraction of sp³-hybridized carbons (Fsp3) is 0.429. The van der Waals surface area contributed by atoms with Crippen molar-refractivity contribution in [3.05, 3.63) is 59.2 Å². The summed E-state index contributed by atoms with van der Waals surface area (Å²) < 4.78 is 10.7. The Bertz CT molecular complexity index is 625. The monoisotopic (exact) mass is 327 g/mol. The van der Waals surface area contributed by atoms with E-state index in [0.717, 1.165) is 30.9 Å². The van der Waals surface area contributed by atoms with Crippen LogP contribution in [0.5, 0.6) is 11.5 Å². The highest BCUT2D eigenvalue weighted by Gasteiger charge is 2.07. The highest BCUT2D eigenvalue weighted by molar-refractivity contribution is 5.44. The average molecular weight is 327 g/mol. The number of unbranched alkanes of at least 4 members (excludes halogenated alkanes) is 2. The number of aryl methyl sites for hydroxylation is 1. The van der Waals surface area contributed by atoms with Crippen molar-refractivity contribution < 1.29 is 9.47 Å². The Morgan fingerprint density at radius 1 is 0.833 bits per heavy atom. The number of ether oxygens (including phenoxy) is 2. The lowest BCUT2D eigenvalue weighted by atomic mass is 9.96. The Hall–Kier alpha value is -2.00. The molecule has 1 N–H and O–H groups in total. The van der Waals surface area contributed by atoms with Crippen molar-refractivity contribution in [2.24, 2.45) is 0 Å². The number of methoxy groups -OCH3 is 2. The van der Waals surface area contributed by atoms with Crippen molar-refractivity contribution in [1.29, 1.82) is 0 Å². The van der Waals surface area contributed by atoms with E-state index >= 15 is 0 Å². The minimum atomic E-state index is 0.777. The van der Waals surface area contributed by atoms with Crippen molar-refractivity contribution in [3.63, 3.8) is 0 Å². The molecule has 0 radical (unpaired) electrons. The summed E-state index contributed by atoms with van der Waals surface area (Å²) in [6, 6.07) is 14.9. The summed E-state index contributed by atoms with van der Waals surface area (Å²) in [6.07, 6.45) is 5.82. The van der Waals surface area contributed by atoms with E-state index in [4.69, 9.17) is 9.47 Å². The van der Waals surface area contributed by atoms with Crippen LogP contribution in [0.3, 0.4) is 0 Å². The quantitative estimate of drug-likeness (QED) is 0.663. The molecule has 0 aliphatic carbocycles. The second-order valence-electron chi connectivity index (χ2n) is 6.05. The lowest BCUT2D eigenvalue weighted by Crippen LogP contribution is -2.07. The summed E-state index contributed by atoms with van der Waals surface area (Å²) in [6.45, 7) is 1.10. The van der Waals surface area contributed by atoms with Gasteiger partial charge >= 0.3 is 0 Å². The smallest absolute Gasteiger partial charge is 0.160 e. The molecule has 3 nitrogen and oxygen atoms in total. The summed E-state index contributed by atoms with van der Waals surface area (Å²) in [7, 11) is 5.36. The zero-order chi connectivity index (χ0) is 17.2. The van der Waals surface area contributed by atoms with Crippen molar-refractivity contribution in [2.45, 2.75) is 32.1 Å². The molecule has 2 aromatic carbocycles. The third-order valence-electron chi connectivity index (χ3n) is 4.33. The van der Waals surface area contributed by atoms with E-state index in [1.165, 1.54) is 36.0 Å². The van der Waals surface area contributed by atoms with Gasteiger partial charge in [-0.1, -0.05) is 36.8 Å². The van der Waals surface area contributed by atoms with Crippen molar-refractivity contribution >= 4 is 0 Å². The molecule has 0 spiro atoms. The van der Waals surface area contributed by atoms with Crippen molar-refractivity contribution in [3.8, 4) is 11.5 Å². The van der Waals surface area contributed by atoms with Crippen LogP contribution in [0.15, 0.2) is 42.5 Å². The zero-order valence-corrected chi connectivity index (χ0v) is 15.1. The van der Waals surface area contributed by atoms with Gasteiger partial charge in [0.1, 0.15) is 0 Å². The molecule has 0 aliphatic heterocycles. The van der Waals surface area contributed by atoms with Crippen molar-refractivity contribution in [1.82, 2.24) is 5.32 Å². The molecule has 0 heterocycles. The summed E-state index contributed by atoms with van der Waals surface area (Å²) in [5, 5.41) is 3.21. The van der Waals surface area contributed by atoms with Crippen LogP contribution in [0.2, 0.25) is 0 Å². The van der Waals surface area contributed by atoms with Gasteiger partial charge in [0.25, 0.3) is 0 Å². The Morgan fingerprint density at radius 2 is 1.58 bits per heavy atom. The largest absolute Gasteiger partial charge is 0.493 e. The van der Waals surface area contributed by atoms with E-state index in [9.17, 15) is 0 Å². The molecule has 0 bridgehead atoms. The second kappa shape index (κ2) is 9.99. The summed E-state index contributed by atoms with van der Waals surface area (Å²) in [5.74, 6) is 1.57. The molecule has 0 unspecified atom stereocenters. The van der Waals surface area contributed by atoms with Crippen LogP contribution in [-0.2, 0) is 12.8 Å². The number of nitrogens with one attached hydrogen (secondary N) is 1. The molecule has 2 rings (SSSR count). The maximum Gasteiger partial charge on any atom is 0.160 e. The van der Waals surface area contributed by atoms with Crippen LogP contribution < -0.4 is 14.8 Å². The molecule has 0 saturated heterocycles. The first-order valence-electron chi connectivity index (χ1n) is 8.70. The molecule has 0 amide bonds. The maximum atomic E-state index is 5.42. The predicted molar refractivity (Wildman–Crippen MR) is 100 cm³/mol. The standard InChI is InChI=1S/C21H29NO2/c1-22-14-8-4-5-9-18-10-6-7-11-19(18)15-17-12-13-20(23-2)21(16-17)24-3/h6-7,10-13,16,22H,4-5,8-9,14-15H2,1-3H3. The Kier molecular flexibility index (Phi) is 7.63. The van der Waals surface area contributed by atoms with Gasteiger partial charge in [-0.2, -0.15) is 0 Å². The fourth-order valence-corrected chi connectivity index (χ4v) is 2.98. The van der Waals surface area contributed by atoms with Crippen molar-refractivity contribution in [2.75, 3.05) is 27.8 Å². The molecule has 0 aromatic heterocycles. The lowest BCUT2D eigenvalue weighted by Gasteiger charge is -2.12. The predicted octanol–water partition coefficient (Wildman–Crippen LogP) is 4.23. The highest BCUT2D eigenvalue weighted by atomic mass is 16.5. The average Bonchev–Trinajstić information content (AvgIpc) is 2.62. The first-order chi connectivity index (χ1) is 11.8. The van der Waals surface area contributed by atoms with Crippen LogP contribution in [0.1, 0.15) is 36.0 Å². The molecule has 0 saturated carbocycles. The molecule has 3 heteroatoms. The number of rotatable bonds is 10. The minimum Gasteiger partial charge on any atom is -0.493 e. The summed E-state index contributed by atoms with van der Waals surface area (Å²) in [5.41, 5.74) is 4.10. The first kappa shape index (κ1) is 18.3. The first-order valence-corrected chi connectivity index (χ1v) is 8.70. The van der Waals surface area contributed by atoms with Gasteiger partial charge in [0, 0.05) is 0 Å². The van der Waals surface area contributed by atoms with E-state index in [1.54, 1.807) is 14.2 Å². The van der Waals surface area contributed by atoms with Gasteiger partial charge < -0.3 is 14.8 Å². The Balaban J connectivity index is 2.04. The fourth-order valence-electron chi connectivity index (χ4n) is 2.98. The van der Waals surface area contributed by atoms with Gasteiger partial charge in [-0.15, -0.1) is 0 Å². The van der Waals surface area contributed by atoms with Gasteiger partial charge in [0.15, 0.2) is 11.5 Å². The van der Waals surface area contributed by atoms with E-state index in [0.29, 0.717) is 0 Å². The van der Waals surface area contributed by atoms with Gasteiger partial charge in [0.05, 0.1) is 14.2 Å². The maximum absolute atomic E-state index is 5.42. The SMILES string of the molecule is CNCCCCCc1ccccc1Cc1ccc(OC)c(OC)c1. The summed E-state index contributed by atoms with van der Waals surface area (Å²) in [4.78, 5) is 0. The third-order valence-corrected chi connectivity index (χ3v) is 4.33. The molecule has 0 fully saturated rings. The lowest BCUT2D eigenvalue weighted by molar-refractivity contribution is 0.354. The molecular weight excluding hydrogens is 298 g/mol. The van der Waals surface area contributed by atoms with Crippen LogP contribution in [0.25, 0.3) is 0 Å². The Morgan fingerprint density at radius 3 is 2.29 bits per heavy atom. The second-order valence-corrected chi connectivity index (χ2v) is 6.05. The highest BCUT2D eigenvalue weighted by Crippen LogP contribution is 2.29. The van der Waals surface area contributed by atoms with Crippen LogP contribution in [0.4, 0.5) is 0 Å². The van der Waals surface area contributed by atoms with Gasteiger partial charge in [-0.25, -0.2) is 0 Å². The van der Waals surface area contributed by atoms with E-state index in [-0.39, 0.29) is 0 Å². The molecule has 2 aromatic rings.